The number of hydrogen-bond donors (Lipinski definition) is 0. The van der Waals surface area contributed by atoms with Gasteiger partial charge in [-0.1, -0.05) is 18.1 Å². The van der Waals surface area contributed by atoms with E-state index in [0.717, 1.165) is 6.29 Å². The maximum atomic E-state index is 10.1. The van der Waals surface area contributed by atoms with Crippen LogP contribution in [0.1, 0.15) is 6.92 Å². The van der Waals surface area contributed by atoms with Crippen molar-refractivity contribution in [2.24, 2.45) is 11.0 Å². The van der Waals surface area contributed by atoms with Crippen molar-refractivity contribution in [2.45, 2.75) is 13.0 Å². The number of nitrogens with zero attached hydrogens (tertiary/aromatic N) is 3. The molecule has 0 aromatic rings. The third-order valence-electron chi connectivity index (χ3n) is 1.18. The van der Waals surface area contributed by atoms with Crippen LogP contribution in [0.5, 0.6) is 0 Å². The molecule has 0 aliphatic heterocycles. The highest BCUT2D eigenvalue weighted by Gasteiger charge is 2.09. The molecule has 0 amide bonds. The molecule has 0 fully saturated rings. The zero-order valence-corrected chi connectivity index (χ0v) is 5.77. The van der Waals surface area contributed by atoms with Crippen LogP contribution in [0.3, 0.4) is 0 Å². The van der Waals surface area contributed by atoms with E-state index in [-0.39, 0.29) is 5.92 Å². The Morgan fingerprint density at radius 3 is 2.70 bits per heavy atom. The molecule has 4 heteroatoms. The molecule has 0 N–H and O–H groups in total. The molecule has 0 heterocycles. The van der Waals surface area contributed by atoms with Crippen LogP contribution in [-0.4, -0.2) is 12.3 Å². The summed E-state index contributed by atoms with van der Waals surface area (Å²) in [6.07, 6.45) is 2.19. The van der Waals surface area contributed by atoms with Crippen molar-refractivity contribution in [1.82, 2.24) is 0 Å². The number of aldehydes is 1. The Morgan fingerprint density at radius 2 is 2.40 bits per heavy atom. The van der Waals surface area contributed by atoms with Crippen molar-refractivity contribution in [3.05, 3.63) is 23.1 Å². The van der Waals surface area contributed by atoms with E-state index in [4.69, 9.17) is 5.53 Å². The lowest BCUT2D eigenvalue weighted by Crippen LogP contribution is -2.12. The maximum absolute atomic E-state index is 10.1. The molecule has 10 heavy (non-hydrogen) atoms. The fraction of sp³-hybridized carbons (Fsp3) is 0.500. The first-order chi connectivity index (χ1) is 4.76. The standard InChI is InChI=1S/C6H9N3O/c1-3-6(8-9-7)5(2)4-10/h3-6H,1H2,2H3/t5-,6+/m1/s1. The van der Waals surface area contributed by atoms with Crippen molar-refractivity contribution in [3.8, 4) is 0 Å². The average molecular weight is 139 g/mol. The van der Waals surface area contributed by atoms with Gasteiger partial charge in [-0.15, -0.1) is 6.58 Å². The van der Waals surface area contributed by atoms with Gasteiger partial charge in [0.25, 0.3) is 0 Å². The summed E-state index contributed by atoms with van der Waals surface area (Å²) in [7, 11) is 0. The van der Waals surface area contributed by atoms with E-state index in [2.05, 4.69) is 16.6 Å². The van der Waals surface area contributed by atoms with Crippen molar-refractivity contribution in [3.63, 3.8) is 0 Å². The van der Waals surface area contributed by atoms with Gasteiger partial charge in [-0.2, -0.15) is 0 Å². The highest BCUT2D eigenvalue weighted by molar-refractivity contribution is 5.54. The number of carbonyl (C=O) groups excluding carboxylic acids is 1. The van der Waals surface area contributed by atoms with E-state index in [9.17, 15) is 4.79 Å². The molecule has 0 rings (SSSR count). The van der Waals surface area contributed by atoms with Crippen LogP contribution in [0.15, 0.2) is 17.8 Å². The summed E-state index contributed by atoms with van der Waals surface area (Å²) in [6, 6.07) is -0.414. The summed E-state index contributed by atoms with van der Waals surface area (Å²) < 4.78 is 0. The van der Waals surface area contributed by atoms with Crippen LogP contribution in [0.25, 0.3) is 10.4 Å². The Bertz CT molecular complexity index is 172. The van der Waals surface area contributed by atoms with Gasteiger partial charge in [-0.3, -0.25) is 0 Å². The second kappa shape index (κ2) is 4.58. The van der Waals surface area contributed by atoms with Gasteiger partial charge < -0.3 is 4.79 Å². The summed E-state index contributed by atoms with van der Waals surface area (Å²) in [5, 5.41) is 3.34. The minimum absolute atomic E-state index is 0.284. The van der Waals surface area contributed by atoms with Crippen molar-refractivity contribution in [2.75, 3.05) is 0 Å². The molecule has 2 atom stereocenters. The van der Waals surface area contributed by atoms with E-state index < -0.39 is 6.04 Å². The molecule has 0 radical (unpaired) electrons. The molecule has 0 bridgehead atoms. The molecule has 0 aromatic carbocycles. The van der Waals surface area contributed by atoms with Crippen molar-refractivity contribution in [1.29, 1.82) is 0 Å². The van der Waals surface area contributed by atoms with E-state index in [0.29, 0.717) is 0 Å². The van der Waals surface area contributed by atoms with E-state index in [1.54, 1.807) is 6.92 Å². The molecule has 0 spiro atoms. The van der Waals surface area contributed by atoms with Crippen molar-refractivity contribution < 1.29 is 4.79 Å². The Hall–Kier alpha value is -1.28. The maximum Gasteiger partial charge on any atom is 0.123 e. The Kier molecular flexibility index (Phi) is 4.00. The molecular formula is C6H9N3O. The van der Waals surface area contributed by atoms with Gasteiger partial charge in [0.1, 0.15) is 6.29 Å². The zero-order chi connectivity index (χ0) is 7.98. The lowest BCUT2D eigenvalue weighted by Gasteiger charge is -2.06. The van der Waals surface area contributed by atoms with Gasteiger partial charge in [0.2, 0.25) is 0 Å². The SMILES string of the molecule is C=C[C@H](N=[N+]=[N-])[C@H](C)C=O. The fourth-order valence-electron chi connectivity index (χ4n) is 0.507. The third-order valence-corrected chi connectivity index (χ3v) is 1.18. The van der Waals surface area contributed by atoms with Crippen LogP contribution in [0, 0.1) is 5.92 Å². The minimum atomic E-state index is -0.414. The number of hydrogen-bond acceptors (Lipinski definition) is 2. The van der Waals surface area contributed by atoms with Crippen molar-refractivity contribution >= 4 is 6.29 Å². The predicted octanol–water partition coefficient (Wildman–Crippen LogP) is 1.69. The van der Waals surface area contributed by atoms with Gasteiger partial charge in [0, 0.05) is 10.8 Å². The second-order valence-corrected chi connectivity index (χ2v) is 1.93. The molecule has 4 nitrogen and oxygen atoms in total. The van der Waals surface area contributed by atoms with Gasteiger partial charge in [-0.25, -0.2) is 0 Å². The highest BCUT2D eigenvalue weighted by atomic mass is 16.1. The quantitative estimate of drug-likeness (QED) is 0.192. The molecule has 54 valence electrons. The number of carbonyl (C=O) groups is 1. The van der Waals surface area contributed by atoms with Gasteiger partial charge in [0.15, 0.2) is 0 Å². The normalized spacial score (nSPS) is 14.5. The first-order valence-electron chi connectivity index (χ1n) is 2.88. The lowest BCUT2D eigenvalue weighted by atomic mass is 10.1. The first-order valence-corrected chi connectivity index (χ1v) is 2.88. The molecule has 0 unspecified atom stereocenters. The summed E-state index contributed by atoms with van der Waals surface area (Å²) in [4.78, 5) is 12.7. The van der Waals surface area contributed by atoms with Gasteiger partial charge in [-0.05, 0) is 5.53 Å². The topological polar surface area (TPSA) is 65.8 Å². The average Bonchev–Trinajstić information content (AvgIpc) is 1.99. The minimum Gasteiger partial charge on any atom is -0.303 e. The summed E-state index contributed by atoms with van der Waals surface area (Å²) >= 11 is 0. The Labute approximate surface area is 59.2 Å². The van der Waals surface area contributed by atoms with Crippen LogP contribution in [0.4, 0.5) is 0 Å². The molecule has 0 aliphatic carbocycles. The van der Waals surface area contributed by atoms with Gasteiger partial charge in [0.05, 0.1) is 6.04 Å². The number of azide groups is 1. The van der Waals surface area contributed by atoms with Crippen LogP contribution in [0.2, 0.25) is 0 Å². The van der Waals surface area contributed by atoms with Crippen LogP contribution < -0.4 is 0 Å². The number of rotatable bonds is 4. The van der Waals surface area contributed by atoms with E-state index in [1.807, 2.05) is 0 Å². The summed E-state index contributed by atoms with van der Waals surface area (Å²) in [5.74, 6) is -0.284. The van der Waals surface area contributed by atoms with Crippen LogP contribution in [-0.2, 0) is 4.79 Å². The summed E-state index contributed by atoms with van der Waals surface area (Å²) in [6.45, 7) is 5.10. The second-order valence-electron chi connectivity index (χ2n) is 1.93. The summed E-state index contributed by atoms with van der Waals surface area (Å²) in [5.41, 5.74) is 8.01. The Balaban J connectivity index is 4.17. The molecule has 0 saturated carbocycles. The smallest absolute Gasteiger partial charge is 0.123 e. The zero-order valence-electron chi connectivity index (χ0n) is 5.77. The van der Waals surface area contributed by atoms with Crippen LogP contribution >= 0.6 is 0 Å². The Morgan fingerprint density at radius 1 is 1.80 bits per heavy atom. The molecule has 0 aromatic heterocycles. The fourth-order valence-corrected chi connectivity index (χ4v) is 0.507. The molecule has 0 aliphatic rings. The molecule has 0 saturated heterocycles. The van der Waals surface area contributed by atoms with Gasteiger partial charge >= 0.3 is 0 Å². The van der Waals surface area contributed by atoms with E-state index >= 15 is 0 Å². The monoisotopic (exact) mass is 139 g/mol. The first kappa shape index (κ1) is 8.72. The molecular weight excluding hydrogens is 130 g/mol. The largest absolute Gasteiger partial charge is 0.303 e. The highest BCUT2D eigenvalue weighted by Crippen LogP contribution is 2.04. The predicted molar refractivity (Wildman–Crippen MR) is 38.4 cm³/mol. The third kappa shape index (κ3) is 2.33. The van der Waals surface area contributed by atoms with E-state index in [1.165, 1.54) is 6.08 Å². The lowest BCUT2D eigenvalue weighted by molar-refractivity contribution is -0.110.